The number of hydrogen-bond acceptors (Lipinski definition) is 5. The predicted molar refractivity (Wildman–Crippen MR) is 110 cm³/mol. The first-order valence-electron chi connectivity index (χ1n) is 10.3. The molecule has 0 spiro atoms. The fourth-order valence-corrected chi connectivity index (χ4v) is 4.12. The SMILES string of the molecule is CCOC(=O)C1CCN(Cn2nc(C3CC3)n(Cc3ccccc3)c2=S)CC1. The first-order valence-corrected chi connectivity index (χ1v) is 10.7. The molecule has 0 amide bonds. The topological polar surface area (TPSA) is 52.3 Å². The Labute approximate surface area is 171 Å². The third-order valence-electron chi connectivity index (χ3n) is 5.62. The van der Waals surface area contributed by atoms with Gasteiger partial charge in [-0.15, -0.1) is 0 Å². The molecule has 2 aliphatic rings. The van der Waals surface area contributed by atoms with Crippen molar-refractivity contribution in [3.8, 4) is 0 Å². The van der Waals surface area contributed by atoms with E-state index >= 15 is 0 Å². The standard InChI is InChI=1S/C21H28N4O2S/c1-2-27-20(26)18-10-12-23(13-11-18)15-25-21(28)24(19(22-25)17-8-9-17)14-16-6-4-3-5-7-16/h3-7,17-18H,2,8-15H2,1H3. The molecule has 0 radical (unpaired) electrons. The van der Waals surface area contributed by atoms with Crippen LogP contribution in [0.5, 0.6) is 0 Å². The van der Waals surface area contributed by atoms with Crippen LogP contribution in [0.2, 0.25) is 0 Å². The first kappa shape index (κ1) is 19.3. The Bertz CT molecular complexity index is 864. The Balaban J connectivity index is 1.45. The van der Waals surface area contributed by atoms with Crippen molar-refractivity contribution < 1.29 is 9.53 Å². The lowest BCUT2D eigenvalue weighted by Crippen LogP contribution is -2.38. The summed E-state index contributed by atoms with van der Waals surface area (Å²) in [6.07, 6.45) is 4.08. The molecule has 1 aromatic carbocycles. The fraction of sp³-hybridized carbons (Fsp3) is 0.571. The molecule has 1 aliphatic carbocycles. The van der Waals surface area contributed by atoms with Crippen LogP contribution < -0.4 is 0 Å². The van der Waals surface area contributed by atoms with Crippen LogP contribution in [-0.4, -0.2) is 44.9 Å². The van der Waals surface area contributed by atoms with Gasteiger partial charge in [-0.2, -0.15) is 5.10 Å². The monoisotopic (exact) mass is 400 g/mol. The van der Waals surface area contributed by atoms with Crippen molar-refractivity contribution in [2.75, 3.05) is 19.7 Å². The van der Waals surface area contributed by atoms with Crippen molar-refractivity contribution in [3.05, 3.63) is 46.5 Å². The molecule has 4 rings (SSSR count). The summed E-state index contributed by atoms with van der Waals surface area (Å²) in [6, 6.07) is 10.4. The number of nitrogens with zero attached hydrogens (tertiary/aromatic N) is 4. The van der Waals surface area contributed by atoms with Gasteiger partial charge in [0.15, 0.2) is 4.77 Å². The Hall–Kier alpha value is -1.99. The minimum atomic E-state index is -0.0538. The van der Waals surface area contributed by atoms with Crippen molar-refractivity contribution in [3.63, 3.8) is 0 Å². The highest BCUT2D eigenvalue weighted by Crippen LogP contribution is 2.39. The van der Waals surface area contributed by atoms with Crippen LogP contribution in [0.4, 0.5) is 0 Å². The number of esters is 1. The summed E-state index contributed by atoms with van der Waals surface area (Å²) in [6.45, 7) is 5.52. The molecular formula is C21H28N4O2S. The van der Waals surface area contributed by atoms with Crippen LogP contribution in [0.3, 0.4) is 0 Å². The van der Waals surface area contributed by atoms with Crippen LogP contribution in [0, 0.1) is 10.7 Å². The summed E-state index contributed by atoms with van der Waals surface area (Å²) in [5.74, 6) is 1.64. The molecule has 28 heavy (non-hydrogen) atoms. The molecule has 1 saturated heterocycles. The van der Waals surface area contributed by atoms with Crippen LogP contribution >= 0.6 is 12.2 Å². The van der Waals surface area contributed by atoms with Crippen LogP contribution in [0.25, 0.3) is 0 Å². The average molecular weight is 401 g/mol. The van der Waals surface area contributed by atoms with E-state index in [4.69, 9.17) is 22.1 Å². The maximum absolute atomic E-state index is 11.9. The minimum Gasteiger partial charge on any atom is -0.466 e. The van der Waals surface area contributed by atoms with E-state index in [9.17, 15) is 4.79 Å². The molecule has 0 N–H and O–H groups in total. The highest BCUT2D eigenvalue weighted by molar-refractivity contribution is 7.71. The highest BCUT2D eigenvalue weighted by Gasteiger charge is 2.31. The maximum atomic E-state index is 11.9. The second kappa shape index (κ2) is 8.57. The Morgan fingerprint density at radius 2 is 1.89 bits per heavy atom. The number of benzene rings is 1. The number of piperidine rings is 1. The van der Waals surface area contributed by atoms with Gasteiger partial charge in [0.2, 0.25) is 0 Å². The zero-order valence-electron chi connectivity index (χ0n) is 16.4. The van der Waals surface area contributed by atoms with E-state index in [1.807, 2.05) is 17.7 Å². The highest BCUT2D eigenvalue weighted by atomic mass is 32.1. The molecule has 7 heteroatoms. The van der Waals surface area contributed by atoms with E-state index in [1.54, 1.807) is 0 Å². The maximum Gasteiger partial charge on any atom is 0.309 e. The van der Waals surface area contributed by atoms with Gasteiger partial charge in [0.25, 0.3) is 0 Å². The lowest BCUT2D eigenvalue weighted by Gasteiger charge is -2.30. The second-order valence-corrected chi connectivity index (χ2v) is 8.14. The van der Waals surface area contributed by atoms with E-state index in [-0.39, 0.29) is 11.9 Å². The van der Waals surface area contributed by atoms with Crippen LogP contribution in [0.15, 0.2) is 30.3 Å². The van der Waals surface area contributed by atoms with E-state index in [1.165, 1.54) is 18.4 Å². The summed E-state index contributed by atoms with van der Waals surface area (Å²) in [7, 11) is 0. The van der Waals surface area contributed by atoms with Gasteiger partial charge in [0.05, 0.1) is 25.7 Å². The van der Waals surface area contributed by atoms with E-state index < -0.39 is 0 Å². The van der Waals surface area contributed by atoms with Gasteiger partial charge in [0, 0.05) is 19.0 Å². The van der Waals surface area contributed by atoms with Gasteiger partial charge < -0.3 is 4.74 Å². The molecule has 150 valence electrons. The molecule has 6 nitrogen and oxygen atoms in total. The summed E-state index contributed by atoms with van der Waals surface area (Å²) in [5, 5.41) is 4.89. The molecular weight excluding hydrogens is 372 g/mol. The molecule has 1 aliphatic heterocycles. The molecule has 0 bridgehead atoms. The van der Waals surface area contributed by atoms with Crippen molar-refractivity contribution in [2.45, 2.75) is 51.7 Å². The van der Waals surface area contributed by atoms with Gasteiger partial charge in [-0.3, -0.25) is 14.3 Å². The smallest absolute Gasteiger partial charge is 0.309 e. The van der Waals surface area contributed by atoms with Gasteiger partial charge >= 0.3 is 5.97 Å². The molecule has 0 atom stereocenters. The molecule has 2 heterocycles. The summed E-state index contributed by atoms with van der Waals surface area (Å²) in [4.78, 5) is 14.3. The summed E-state index contributed by atoms with van der Waals surface area (Å²) in [5.41, 5.74) is 1.25. The zero-order valence-corrected chi connectivity index (χ0v) is 17.2. The van der Waals surface area contributed by atoms with Gasteiger partial charge in [-0.25, -0.2) is 4.68 Å². The van der Waals surface area contributed by atoms with Gasteiger partial charge in [-0.1, -0.05) is 30.3 Å². The van der Waals surface area contributed by atoms with Crippen molar-refractivity contribution in [1.82, 2.24) is 19.2 Å². The average Bonchev–Trinajstić information content (AvgIpc) is 3.51. The zero-order chi connectivity index (χ0) is 19.5. The Morgan fingerprint density at radius 1 is 1.18 bits per heavy atom. The van der Waals surface area contributed by atoms with Crippen molar-refractivity contribution in [2.24, 2.45) is 5.92 Å². The van der Waals surface area contributed by atoms with E-state index in [2.05, 4.69) is 33.7 Å². The summed E-state index contributed by atoms with van der Waals surface area (Å²) < 4.78 is 10.1. The molecule has 0 unspecified atom stereocenters. The fourth-order valence-electron chi connectivity index (χ4n) is 3.87. The van der Waals surface area contributed by atoms with Gasteiger partial charge in [0.1, 0.15) is 5.82 Å². The van der Waals surface area contributed by atoms with Crippen LogP contribution in [0.1, 0.15) is 49.9 Å². The predicted octanol–water partition coefficient (Wildman–Crippen LogP) is 3.57. The lowest BCUT2D eigenvalue weighted by molar-refractivity contribution is -0.149. The third-order valence-corrected chi connectivity index (χ3v) is 6.05. The molecule has 1 aromatic heterocycles. The number of carbonyl (C=O) groups is 1. The van der Waals surface area contributed by atoms with Crippen molar-refractivity contribution >= 4 is 18.2 Å². The summed E-state index contributed by atoms with van der Waals surface area (Å²) >= 11 is 5.79. The minimum absolute atomic E-state index is 0.0295. The number of aromatic nitrogens is 3. The number of carbonyl (C=O) groups excluding carboxylic acids is 1. The van der Waals surface area contributed by atoms with E-state index in [0.717, 1.165) is 43.1 Å². The Morgan fingerprint density at radius 3 is 2.54 bits per heavy atom. The number of ether oxygens (including phenoxy) is 1. The van der Waals surface area contributed by atoms with Gasteiger partial charge in [-0.05, 0) is 50.4 Å². The lowest BCUT2D eigenvalue weighted by atomic mass is 9.97. The largest absolute Gasteiger partial charge is 0.466 e. The molecule has 1 saturated carbocycles. The van der Waals surface area contributed by atoms with Crippen LogP contribution in [-0.2, 0) is 22.7 Å². The second-order valence-electron chi connectivity index (χ2n) is 7.77. The number of hydrogen-bond donors (Lipinski definition) is 0. The number of rotatable bonds is 7. The normalized spacial score (nSPS) is 18.3. The van der Waals surface area contributed by atoms with E-state index in [0.29, 0.717) is 19.2 Å². The van der Waals surface area contributed by atoms with Crippen molar-refractivity contribution in [1.29, 1.82) is 0 Å². The molecule has 2 fully saturated rings. The molecule has 2 aromatic rings. The first-order chi connectivity index (χ1) is 13.7. The number of likely N-dealkylation sites (tertiary alicyclic amines) is 1. The Kier molecular flexibility index (Phi) is 5.92. The quantitative estimate of drug-likeness (QED) is 0.525. The third kappa shape index (κ3) is 4.36.